The second-order valence-corrected chi connectivity index (χ2v) is 3.47. The standard InChI is InChI=1S/C9H14ClN3/c1-7(2)13(3)9-6-11-5-8(4-10)12-9/h5-7H,4H2,1-3H3. The average molecular weight is 200 g/mol. The van der Waals surface area contributed by atoms with Crippen LogP contribution in [0.5, 0.6) is 0 Å². The highest BCUT2D eigenvalue weighted by Crippen LogP contribution is 2.11. The average Bonchev–Trinajstić information content (AvgIpc) is 2.16. The number of aromatic nitrogens is 2. The van der Waals surface area contributed by atoms with E-state index >= 15 is 0 Å². The lowest BCUT2D eigenvalue weighted by molar-refractivity contribution is 0.738. The molecule has 0 aliphatic rings. The molecule has 4 heteroatoms. The number of halogens is 1. The van der Waals surface area contributed by atoms with Gasteiger partial charge in [0.05, 0.1) is 17.8 Å². The van der Waals surface area contributed by atoms with Gasteiger partial charge in [0.15, 0.2) is 0 Å². The van der Waals surface area contributed by atoms with E-state index < -0.39 is 0 Å². The molecule has 0 aliphatic carbocycles. The predicted octanol–water partition coefficient (Wildman–Crippen LogP) is 2.06. The zero-order chi connectivity index (χ0) is 9.84. The lowest BCUT2D eigenvalue weighted by Gasteiger charge is -2.22. The quantitative estimate of drug-likeness (QED) is 0.698. The summed E-state index contributed by atoms with van der Waals surface area (Å²) in [5, 5.41) is 0. The summed E-state index contributed by atoms with van der Waals surface area (Å²) >= 11 is 5.66. The summed E-state index contributed by atoms with van der Waals surface area (Å²) in [4.78, 5) is 10.5. The first-order valence-electron chi connectivity index (χ1n) is 4.25. The van der Waals surface area contributed by atoms with Crippen LogP contribution in [0.15, 0.2) is 12.4 Å². The molecule has 72 valence electrons. The second-order valence-electron chi connectivity index (χ2n) is 3.21. The molecule has 13 heavy (non-hydrogen) atoms. The molecule has 0 aliphatic heterocycles. The van der Waals surface area contributed by atoms with Crippen molar-refractivity contribution in [2.24, 2.45) is 0 Å². The van der Waals surface area contributed by atoms with Crippen molar-refractivity contribution in [3.63, 3.8) is 0 Å². The summed E-state index contributed by atoms with van der Waals surface area (Å²) in [5.41, 5.74) is 0.812. The Morgan fingerprint density at radius 1 is 1.46 bits per heavy atom. The maximum atomic E-state index is 5.66. The molecular formula is C9H14ClN3. The first kappa shape index (κ1) is 10.3. The van der Waals surface area contributed by atoms with Crippen LogP contribution in [0.1, 0.15) is 19.5 Å². The van der Waals surface area contributed by atoms with Gasteiger partial charge in [0.2, 0.25) is 0 Å². The molecule has 0 spiro atoms. The normalized spacial score (nSPS) is 10.5. The first-order chi connectivity index (χ1) is 6.15. The van der Waals surface area contributed by atoms with Crippen LogP contribution in [0.25, 0.3) is 0 Å². The van der Waals surface area contributed by atoms with Crippen molar-refractivity contribution < 1.29 is 0 Å². The number of anilines is 1. The third kappa shape index (κ3) is 2.56. The molecular weight excluding hydrogens is 186 g/mol. The van der Waals surface area contributed by atoms with Crippen LogP contribution in [0, 0.1) is 0 Å². The van der Waals surface area contributed by atoms with Crippen molar-refractivity contribution in [3.05, 3.63) is 18.1 Å². The van der Waals surface area contributed by atoms with Gasteiger partial charge in [-0.1, -0.05) is 0 Å². The number of hydrogen-bond donors (Lipinski definition) is 0. The SMILES string of the molecule is CC(C)N(C)c1cncc(CCl)n1. The van der Waals surface area contributed by atoms with Gasteiger partial charge in [0.25, 0.3) is 0 Å². The molecule has 0 atom stereocenters. The minimum atomic E-state index is 0.409. The molecule has 0 radical (unpaired) electrons. The monoisotopic (exact) mass is 199 g/mol. The summed E-state index contributed by atoms with van der Waals surface area (Å²) < 4.78 is 0. The van der Waals surface area contributed by atoms with E-state index in [0.29, 0.717) is 11.9 Å². The Hall–Kier alpha value is -0.830. The number of hydrogen-bond acceptors (Lipinski definition) is 3. The molecule has 0 bridgehead atoms. The summed E-state index contributed by atoms with van der Waals surface area (Å²) in [6, 6.07) is 0.417. The Labute approximate surface area is 83.8 Å². The summed E-state index contributed by atoms with van der Waals surface area (Å²) in [5.74, 6) is 1.28. The molecule has 0 saturated heterocycles. The molecule has 1 heterocycles. The zero-order valence-electron chi connectivity index (χ0n) is 8.16. The van der Waals surface area contributed by atoms with Gasteiger partial charge in [-0.15, -0.1) is 11.6 Å². The molecule has 0 aromatic carbocycles. The van der Waals surface area contributed by atoms with Gasteiger partial charge in [-0.05, 0) is 13.8 Å². The van der Waals surface area contributed by atoms with E-state index in [-0.39, 0.29) is 0 Å². The lowest BCUT2D eigenvalue weighted by atomic mass is 10.3. The molecule has 0 unspecified atom stereocenters. The Kier molecular flexibility index (Phi) is 3.48. The van der Waals surface area contributed by atoms with E-state index in [4.69, 9.17) is 11.6 Å². The molecule has 3 nitrogen and oxygen atoms in total. The molecule has 1 aromatic rings. The lowest BCUT2D eigenvalue weighted by Crippen LogP contribution is -2.26. The van der Waals surface area contributed by atoms with Gasteiger partial charge in [-0.25, -0.2) is 4.98 Å². The third-order valence-electron chi connectivity index (χ3n) is 1.94. The molecule has 0 fully saturated rings. The van der Waals surface area contributed by atoms with Gasteiger partial charge >= 0.3 is 0 Å². The van der Waals surface area contributed by atoms with E-state index in [1.54, 1.807) is 12.4 Å². The van der Waals surface area contributed by atoms with Crippen molar-refractivity contribution in [1.82, 2.24) is 9.97 Å². The molecule has 0 saturated carbocycles. The van der Waals surface area contributed by atoms with E-state index in [1.807, 2.05) is 7.05 Å². The van der Waals surface area contributed by atoms with Crippen LogP contribution in [-0.4, -0.2) is 23.1 Å². The highest BCUT2D eigenvalue weighted by atomic mass is 35.5. The summed E-state index contributed by atoms with van der Waals surface area (Å²) in [6.07, 6.45) is 3.43. The Morgan fingerprint density at radius 3 is 2.69 bits per heavy atom. The third-order valence-corrected chi connectivity index (χ3v) is 2.22. The predicted molar refractivity (Wildman–Crippen MR) is 55.1 cm³/mol. The van der Waals surface area contributed by atoms with Crippen LogP contribution >= 0.6 is 11.6 Å². The van der Waals surface area contributed by atoms with Crippen LogP contribution in [-0.2, 0) is 5.88 Å². The van der Waals surface area contributed by atoms with Crippen molar-refractivity contribution in [2.45, 2.75) is 25.8 Å². The molecule has 1 rings (SSSR count). The van der Waals surface area contributed by atoms with E-state index in [2.05, 4.69) is 28.7 Å². The number of alkyl halides is 1. The van der Waals surface area contributed by atoms with Crippen LogP contribution in [0.4, 0.5) is 5.82 Å². The molecule has 0 amide bonds. The summed E-state index contributed by atoms with van der Waals surface area (Å²) in [7, 11) is 1.99. The maximum Gasteiger partial charge on any atom is 0.147 e. The van der Waals surface area contributed by atoms with Gasteiger partial charge in [0.1, 0.15) is 5.82 Å². The minimum Gasteiger partial charge on any atom is -0.356 e. The topological polar surface area (TPSA) is 29.0 Å². The largest absolute Gasteiger partial charge is 0.356 e. The highest BCUT2D eigenvalue weighted by molar-refractivity contribution is 6.16. The van der Waals surface area contributed by atoms with Crippen LogP contribution in [0.3, 0.4) is 0 Å². The van der Waals surface area contributed by atoms with Crippen LogP contribution < -0.4 is 4.90 Å². The van der Waals surface area contributed by atoms with Gasteiger partial charge in [-0.3, -0.25) is 4.98 Å². The fourth-order valence-electron chi connectivity index (χ4n) is 0.894. The van der Waals surface area contributed by atoms with Gasteiger partial charge < -0.3 is 4.90 Å². The van der Waals surface area contributed by atoms with E-state index in [0.717, 1.165) is 11.5 Å². The fourth-order valence-corrected chi connectivity index (χ4v) is 1.02. The van der Waals surface area contributed by atoms with E-state index in [1.165, 1.54) is 0 Å². The van der Waals surface area contributed by atoms with Crippen molar-refractivity contribution >= 4 is 17.4 Å². The van der Waals surface area contributed by atoms with Crippen molar-refractivity contribution in [1.29, 1.82) is 0 Å². The Balaban J connectivity index is 2.88. The van der Waals surface area contributed by atoms with Gasteiger partial charge in [-0.2, -0.15) is 0 Å². The summed E-state index contributed by atoms with van der Waals surface area (Å²) in [6.45, 7) is 4.21. The minimum absolute atomic E-state index is 0.409. The maximum absolute atomic E-state index is 5.66. The first-order valence-corrected chi connectivity index (χ1v) is 4.78. The Morgan fingerprint density at radius 2 is 2.15 bits per heavy atom. The zero-order valence-corrected chi connectivity index (χ0v) is 8.91. The highest BCUT2D eigenvalue weighted by Gasteiger charge is 2.06. The van der Waals surface area contributed by atoms with Crippen LogP contribution in [0.2, 0.25) is 0 Å². The van der Waals surface area contributed by atoms with Crippen molar-refractivity contribution in [2.75, 3.05) is 11.9 Å². The van der Waals surface area contributed by atoms with E-state index in [9.17, 15) is 0 Å². The molecule has 0 N–H and O–H groups in total. The Bertz CT molecular complexity index is 275. The fraction of sp³-hybridized carbons (Fsp3) is 0.556. The smallest absolute Gasteiger partial charge is 0.147 e. The second kappa shape index (κ2) is 4.42. The number of rotatable bonds is 3. The number of nitrogens with zero attached hydrogens (tertiary/aromatic N) is 3. The van der Waals surface area contributed by atoms with Gasteiger partial charge in [0, 0.05) is 19.3 Å². The van der Waals surface area contributed by atoms with Crippen molar-refractivity contribution in [3.8, 4) is 0 Å². The molecule has 1 aromatic heterocycles.